The zero-order valence-corrected chi connectivity index (χ0v) is 13.3. The van der Waals surface area contributed by atoms with Gasteiger partial charge in [0.2, 0.25) is 11.8 Å². The molecule has 1 N–H and O–H groups in total. The van der Waals surface area contributed by atoms with E-state index in [1.807, 2.05) is 26.1 Å². The van der Waals surface area contributed by atoms with Gasteiger partial charge in [0.1, 0.15) is 0 Å². The molecular formula is C16H24N4O. The molecule has 0 amide bonds. The first-order valence-corrected chi connectivity index (χ1v) is 7.51. The lowest BCUT2D eigenvalue weighted by atomic mass is 10.2. The standard InChI is InChI=1S/C16H24N4O/c1-5-7-17-11-13-9-14(6-2)18-15(10-13)21-16-8-12(3)19-20(16)4/h8-10,17H,5-7,11H2,1-4H3. The van der Waals surface area contributed by atoms with Crippen LogP contribution in [-0.2, 0) is 20.0 Å². The summed E-state index contributed by atoms with van der Waals surface area (Å²) in [4.78, 5) is 4.53. The van der Waals surface area contributed by atoms with Crippen molar-refractivity contribution in [1.82, 2.24) is 20.1 Å². The van der Waals surface area contributed by atoms with E-state index in [0.717, 1.165) is 37.3 Å². The number of rotatable bonds is 7. The number of hydrogen-bond donors (Lipinski definition) is 1. The topological polar surface area (TPSA) is 52.0 Å². The molecule has 0 bridgehead atoms. The predicted molar refractivity (Wildman–Crippen MR) is 83.6 cm³/mol. The highest BCUT2D eigenvalue weighted by molar-refractivity contribution is 5.28. The van der Waals surface area contributed by atoms with E-state index in [1.54, 1.807) is 4.68 Å². The number of nitrogens with one attached hydrogen (secondary N) is 1. The number of aromatic nitrogens is 3. The van der Waals surface area contributed by atoms with Crippen LogP contribution in [0.2, 0.25) is 0 Å². The normalized spacial score (nSPS) is 10.9. The van der Waals surface area contributed by atoms with Gasteiger partial charge in [-0.15, -0.1) is 0 Å². The Labute approximate surface area is 126 Å². The van der Waals surface area contributed by atoms with E-state index in [2.05, 4.69) is 35.3 Å². The van der Waals surface area contributed by atoms with Gasteiger partial charge in [-0.2, -0.15) is 5.10 Å². The number of pyridine rings is 1. The summed E-state index contributed by atoms with van der Waals surface area (Å²) >= 11 is 0. The lowest BCUT2D eigenvalue weighted by Crippen LogP contribution is -2.14. The van der Waals surface area contributed by atoms with Crippen molar-refractivity contribution < 1.29 is 4.74 Å². The first-order chi connectivity index (χ1) is 10.1. The van der Waals surface area contributed by atoms with Gasteiger partial charge in [-0.25, -0.2) is 9.67 Å². The van der Waals surface area contributed by atoms with Crippen LogP contribution in [0, 0.1) is 6.92 Å². The highest BCUT2D eigenvalue weighted by atomic mass is 16.5. The fourth-order valence-electron chi connectivity index (χ4n) is 2.15. The molecule has 2 rings (SSSR count). The molecule has 2 heterocycles. The van der Waals surface area contributed by atoms with Crippen LogP contribution in [0.15, 0.2) is 18.2 Å². The summed E-state index contributed by atoms with van der Waals surface area (Å²) in [6.07, 6.45) is 2.02. The van der Waals surface area contributed by atoms with Gasteiger partial charge in [-0.1, -0.05) is 13.8 Å². The molecule has 21 heavy (non-hydrogen) atoms. The van der Waals surface area contributed by atoms with E-state index in [1.165, 1.54) is 5.56 Å². The Balaban J connectivity index is 2.17. The molecule has 0 aliphatic heterocycles. The van der Waals surface area contributed by atoms with Crippen LogP contribution in [0.4, 0.5) is 0 Å². The maximum absolute atomic E-state index is 5.88. The van der Waals surface area contributed by atoms with Crippen LogP contribution in [0.5, 0.6) is 11.8 Å². The predicted octanol–water partition coefficient (Wildman–Crippen LogP) is 2.98. The third-order valence-electron chi connectivity index (χ3n) is 3.20. The van der Waals surface area contributed by atoms with Gasteiger partial charge in [-0.3, -0.25) is 0 Å². The Morgan fingerprint density at radius 3 is 2.67 bits per heavy atom. The smallest absolute Gasteiger partial charge is 0.221 e. The molecule has 0 fully saturated rings. The van der Waals surface area contributed by atoms with Gasteiger partial charge in [-0.05, 0) is 37.9 Å². The number of hydrogen-bond acceptors (Lipinski definition) is 4. The molecule has 114 valence electrons. The average molecular weight is 288 g/mol. The zero-order chi connectivity index (χ0) is 15.2. The molecule has 5 heteroatoms. The largest absolute Gasteiger partial charge is 0.421 e. The quantitative estimate of drug-likeness (QED) is 0.796. The Morgan fingerprint density at radius 1 is 1.24 bits per heavy atom. The van der Waals surface area contributed by atoms with Gasteiger partial charge in [0.25, 0.3) is 0 Å². The number of aryl methyl sites for hydroxylation is 3. The minimum atomic E-state index is 0.630. The van der Waals surface area contributed by atoms with Crippen LogP contribution in [0.3, 0.4) is 0 Å². The van der Waals surface area contributed by atoms with Crippen molar-refractivity contribution in [2.45, 2.75) is 40.2 Å². The molecule has 2 aromatic rings. The minimum Gasteiger partial charge on any atom is -0.421 e. The molecular weight excluding hydrogens is 264 g/mol. The van der Waals surface area contributed by atoms with Gasteiger partial charge < -0.3 is 10.1 Å². The SMILES string of the molecule is CCCNCc1cc(CC)nc(Oc2cc(C)nn2C)c1. The maximum Gasteiger partial charge on any atom is 0.221 e. The highest BCUT2D eigenvalue weighted by Crippen LogP contribution is 2.21. The summed E-state index contributed by atoms with van der Waals surface area (Å²) < 4.78 is 7.61. The lowest BCUT2D eigenvalue weighted by molar-refractivity contribution is 0.413. The van der Waals surface area contributed by atoms with Crippen LogP contribution in [0.25, 0.3) is 0 Å². The second kappa shape index (κ2) is 7.22. The lowest BCUT2D eigenvalue weighted by Gasteiger charge is -2.10. The fourth-order valence-corrected chi connectivity index (χ4v) is 2.15. The van der Waals surface area contributed by atoms with E-state index < -0.39 is 0 Å². The Hall–Kier alpha value is -1.88. The Bertz CT molecular complexity index is 592. The first kappa shape index (κ1) is 15.5. The molecule has 0 unspecified atom stereocenters. The Kier molecular flexibility index (Phi) is 5.33. The van der Waals surface area contributed by atoms with E-state index in [9.17, 15) is 0 Å². The van der Waals surface area contributed by atoms with E-state index in [4.69, 9.17) is 4.74 Å². The maximum atomic E-state index is 5.88. The number of ether oxygens (including phenoxy) is 1. The summed E-state index contributed by atoms with van der Waals surface area (Å²) in [6.45, 7) is 8.06. The summed E-state index contributed by atoms with van der Waals surface area (Å²) in [5, 5.41) is 7.69. The molecule has 0 radical (unpaired) electrons. The van der Waals surface area contributed by atoms with E-state index in [-0.39, 0.29) is 0 Å². The summed E-state index contributed by atoms with van der Waals surface area (Å²) in [6, 6.07) is 6.03. The second-order valence-electron chi connectivity index (χ2n) is 5.18. The van der Waals surface area contributed by atoms with Crippen molar-refractivity contribution in [3.63, 3.8) is 0 Å². The molecule has 5 nitrogen and oxygen atoms in total. The first-order valence-electron chi connectivity index (χ1n) is 7.51. The molecule has 0 aliphatic rings. The van der Waals surface area contributed by atoms with Crippen molar-refractivity contribution in [2.75, 3.05) is 6.54 Å². The molecule has 0 saturated carbocycles. The molecule has 2 aromatic heterocycles. The minimum absolute atomic E-state index is 0.630. The van der Waals surface area contributed by atoms with Crippen molar-refractivity contribution >= 4 is 0 Å². The summed E-state index contributed by atoms with van der Waals surface area (Å²) in [5.74, 6) is 1.34. The molecule has 0 spiro atoms. The van der Waals surface area contributed by atoms with Crippen LogP contribution < -0.4 is 10.1 Å². The second-order valence-corrected chi connectivity index (χ2v) is 5.18. The third-order valence-corrected chi connectivity index (χ3v) is 3.20. The van der Waals surface area contributed by atoms with E-state index >= 15 is 0 Å². The molecule has 0 aromatic carbocycles. The molecule has 0 aliphatic carbocycles. The summed E-state index contributed by atoms with van der Waals surface area (Å²) in [7, 11) is 1.87. The van der Waals surface area contributed by atoms with Crippen LogP contribution in [-0.4, -0.2) is 21.3 Å². The van der Waals surface area contributed by atoms with E-state index in [0.29, 0.717) is 11.8 Å². The van der Waals surface area contributed by atoms with Crippen molar-refractivity contribution in [2.24, 2.45) is 7.05 Å². The van der Waals surface area contributed by atoms with Gasteiger partial charge in [0, 0.05) is 31.4 Å². The number of nitrogens with zero attached hydrogens (tertiary/aromatic N) is 3. The fraction of sp³-hybridized carbons (Fsp3) is 0.500. The highest BCUT2D eigenvalue weighted by Gasteiger charge is 2.08. The Morgan fingerprint density at radius 2 is 2.05 bits per heavy atom. The summed E-state index contributed by atoms with van der Waals surface area (Å²) in [5.41, 5.74) is 3.17. The van der Waals surface area contributed by atoms with Gasteiger partial charge in [0.15, 0.2) is 0 Å². The average Bonchev–Trinajstić information content (AvgIpc) is 2.77. The van der Waals surface area contributed by atoms with Crippen molar-refractivity contribution in [1.29, 1.82) is 0 Å². The van der Waals surface area contributed by atoms with Gasteiger partial charge in [0.05, 0.1) is 5.69 Å². The third kappa shape index (κ3) is 4.29. The van der Waals surface area contributed by atoms with Crippen LogP contribution in [0.1, 0.15) is 37.2 Å². The zero-order valence-electron chi connectivity index (χ0n) is 13.3. The van der Waals surface area contributed by atoms with Crippen molar-refractivity contribution in [3.8, 4) is 11.8 Å². The molecule has 0 saturated heterocycles. The van der Waals surface area contributed by atoms with Crippen LogP contribution >= 0.6 is 0 Å². The molecule has 0 atom stereocenters. The van der Waals surface area contributed by atoms with Gasteiger partial charge >= 0.3 is 0 Å². The monoisotopic (exact) mass is 288 g/mol. The van der Waals surface area contributed by atoms with Crippen molar-refractivity contribution in [3.05, 3.63) is 35.2 Å².